The van der Waals surface area contributed by atoms with Gasteiger partial charge in [-0.25, -0.2) is 9.97 Å². The van der Waals surface area contributed by atoms with E-state index in [4.69, 9.17) is 9.72 Å². The molecule has 8 rings (SSSR count). The van der Waals surface area contributed by atoms with Gasteiger partial charge in [-0.1, -0.05) is 43.5 Å². The third-order valence-electron chi connectivity index (χ3n) is 9.48. The number of ether oxygens (including phenoxy) is 1. The Morgan fingerprint density at radius 3 is 2.57 bits per heavy atom. The fourth-order valence-electron chi connectivity index (χ4n) is 7.30. The number of rotatable bonds is 6. The van der Waals surface area contributed by atoms with Crippen molar-refractivity contribution in [3.8, 4) is 33.2 Å². The summed E-state index contributed by atoms with van der Waals surface area (Å²) in [4.78, 5) is 26.6. The van der Waals surface area contributed by atoms with Gasteiger partial charge < -0.3 is 14.2 Å². The molecular formula is C35H36N8O2S. The maximum atomic E-state index is 13.9. The van der Waals surface area contributed by atoms with Crippen LogP contribution in [-0.4, -0.2) is 72.3 Å². The fraction of sp³-hybridized carbons (Fsp3) is 0.371. The number of pyridine rings is 1. The Morgan fingerprint density at radius 2 is 1.80 bits per heavy atom. The number of fused-ring (bicyclic) bond motifs is 2. The summed E-state index contributed by atoms with van der Waals surface area (Å²) in [6.45, 7) is 6.68. The molecule has 0 unspecified atom stereocenters. The predicted molar refractivity (Wildman–Crippen MR) is 180 cm³/mol. The van der Waals surface area contributed by atoms with E-state index in [2.05, 4.69) is 78.7 Å². The van der Waals surface area contributed by atoms with Crippen LogP contribution in [0.15, 0.2) is 48.5 Å². The maximum Gasteiger partial charge on any atom is 0.242 e. The van der Waals surface area contributed by atoms with Crippen molar-refractivity contribution < 1.29 is 9.53 Å². The lowest BCUT2D eigenvalue weighted by atomic mass is 9.81. The van der Waals surface area contributed by atoms with Gasteiger partial charge >= 0.3 is 0 Å². The molecule has 1 saturated heterocycles. The van der Waals surface area contributed by atoms with E-state index in [1.165, 1.54) is 30.2 Å². The van der Waals surface area contributed by atoms with Gasteiger partial charge in [-0.2, -0.15) is 5.21 Å². The molecule has 2 aromatic carbocycles. The monoisotopic (exact) mass is 632 g/mol. The minimum absolute atomic E-state index is 0.101. The van der Waals surface area contributed by atoms with Gasteiger partial charge in [0.15, 0.2) is 0 Å². The van der Waals surface area contributed by atoms with E-state index in [0.29, 0.717) is 38.0 Å². The van der Waals surface area contributed by atoms with Crippen LogP contribution in [0.5, 0.6) is 0 Å². The Hall–Kier alpha value is -4.48. The zero-order chi connectivity index (χ0) is 31.2. The number of thiazole rings is 1. The molecule has 46 heavy (non-hydrogen) atoms. The zero-order valence-corrected chi connectivity index (χ0v) is 26.9. The Balaban J connectivity index is 1.31. The van der Waals surface area contributed by atoms with Gasteiger partial charge in [0.25, 0.3) is 0 Å². The van der Waals surface area contributed by atoms with Crippen LogP contribution >= 0.6 is 11.3 Å². The number of nitrogens with zero attached hydrogens (tertiary/aromatic N) is 7. The molecule has 4 aromatic heterocycles. The first-order valence-electron chi connectivity index (χ1n) is 16.1. The number of amides is 1. The van der Waals surface area contributed by atoms with E-state index in [0.717, 1.165) is 67.4 Å². The van der Waals surface area contributed by atoms with Crippen LogP contribution in [0, 0.1) is 13.8 Å². The molecule has 2 fully saturated rings. The lowest BCUT2D eigenvalue weighted by Crippen LogP contribution is -2.42. The van der Waals surface area contributed by atoms with Crippen LogP contribution in [0.3, 0.4) is 0 Å². The number of hydrogen-bond donors (Lipinski definition) is 1. The van der Waals surface area contributed by atoms with Crippen LogP contribution in [0.1, 0.15) is 54.3 Å². The van der Waals surface area contributed by atoms with Crippen molar-refractivity contribution >= 4 is 39.0 Å². The van der Waals surface area contributed by atoms with Crippen molar-refractivity contribution in [2.75, 3.05) is 26.3 Å². The van der Waals surface area contributed by atoms with Crippen molar-refractivity contribution in [3.05, 3.63) is 64.8 Å². The molecule has 5 heterocycles. The summed E-state index contributed by atoms with van der Waals surface area (Å²) in [7, 11) is 0. The molecule has 0 bridgehead atoms. The molecule has 1 amide bonds. The Kier molecular flexibility index (Phi) is 7.58. The second-order valence-corrected chi connectivity index (χ2v) is 13.6. The van der Waals surface area contributed by atoms with Crippen LogP contribution < -0.4 is 0 Å². The minimum atomic E-state index is 0.101. The van der Waals surface area contributed by atoms with Crippen molar-refractivity contribution in [1.82, 2.24) is 40.1 Å². The van der Waals surface area contributed by atoms with Gasteiger partial charge in [-0.3, -0.25) is 4.79 Å². The number of hydrogen-bond acceptors (Lipinski definition) is 8. The number of aromatic nitrogens is 7. The van der Waals surface area contributed by atoms with Gasteiger partial charge in [0.2, 0.25) is 11.7 Å². The molecule has 234 valence electrons. The van der Waals surface area contributed by atoms with Gasteiger partial charge in [0.1, 0.15) is 6.54 Å². The van der Waals surface area contributed by atoms with E-state index < -0.39 is 0 Å². The van der Waals surface area contributed by atoms with E-state index in [1.807, 2.05) is 18.7 Å². The second-order valence-electron chi connectivity index (χ2n) is 12.4. The summed E-state index contributed by atoms with van der Waals surface area (Å²) in [5.74, 6) is 1.05. The summed E-state index contributed by atoms with van der Waals surface area (Å²) in [6, 6.07) is 17.2. The fourth-order valence-corrected chi connectivity index (χ4v) is 8.19. The van der Waals surface area contributed by atoms with Crippen molar-refractivity contribution in [2.24, 2.45) is 0 Å². The summed E-state index contributed by atoms with van der Waals surface area (Å²) in [5.41, 5.74) is 8.34. The lowest BCUT2D eigenvalue weighted by molar-refractivity contribution is -0.135. The molecule has 1 N–H and O–H groups in total. The molecule has 10 nitrogen and oxygen atoms in total. The van der Waals surface area contributed by atoms with Gasteiger partial charge in [0, 0.05) is 29.4 Å². The zero-order valence-electron chi connectivity index (χ0n) is 26.1. The van der Waals surface area contributed by atoms with Crippen LogP contribution in [0.25, 0.3) is 55.0 Å². The third kappa shape index (κ3) is 5.27. The molecule has 0 radical (unpaired) electrons. The second kappa shape index (κ2) is 12.0. The number of morpholine rings is 1. The van der Waals surface area contributed by atoms with Crippen molar-refractivity contribution in [3.63, 3.8) is 0 Å². The third-order valence-corrected chi connectivity index (χ3v) is 10.6. The van der Waals surface area contributed by atoms with Crippen LogP contribution in [-0.2, 0) is 16.1 Å². The molecule has 2 aliphatic rings. The molecule has 0 atom stereocenters. The quantitative estimate of drug-likeness (QED) is 0.218. The smallest absolute Gasteiger partial charge is 0.242 e. The van der Waals surface area contributed by atoms with Crippen molar-refractivity contribution in [1.29, 1.82) is 0 Å². The SMILES string of the molecule is Cc1nc(C)c(-c2ccc3cc(-c4c(C5CCCCC5)c5ccc(-c6nn[nH]n6)cc5n4CC(=O)N4CCOCC4)ccc3n2)s1. The highest BCUT2D eigenvalue weighted by Crippen LogP contribution is 2.45. The summed E-state index contributed by atoms with van der Waals surface area (Å²) >= 11 is 1.68. The first-order chi connectivity index (χ1) is 22.5. The molecular weight excluding hydrogens is 597 g/mol. The van der Waals surface area contributed by atoms with Gasteiger partial charge in [0.05, 0.1) is 51.2 Å². The number of aryl methyl sites for hydroxylation is 2. The Labute approximate surface area is 270 Å². The van der Waals surface area contributed by atoms with Gasteiger partial charge in [-0.05, 0) is 73.2 Å². The molecule has 1 aliphatic heterocycles. The topological polar surface area (TPSA) is 115 Å². The maximum absolute atomic E-state index is 13.9. The number of nitrogens with one attached hydrogen (secondary N) is 1. The molecule has 11 heteroatoms. The van der Waals surface area contributed by atoms with Crippen molar-refractivity contribution in [2.45, 2.75) is 58.4 Å². The number of carbonyl (C=O) groups is 1. The Bertz CT molecular complexity index is 2050. The highest BCUT2D eigenvalue weighted by atomic mass is 32.1. The normalized spacial score (nSPS) is 16.1. The van der Waals surface area contributed by atoms with E-state index in [1.54, 1.807) is 11.3 Å². The van der Waals surface area contributed by atoms with Crippen LogP contribution in [0.4, 0.5) is 0 Å². The number of aromatic amines is 1. The van der Waals surface area contributed by atoms with Gasteiger partial charge in [-0.15, -0.1) is 21.5 Å². The van der Waals surface area contributed by atoms with E-state index >= 15 is 0 Å². The molecule has 6 aromatic rings. The van der Waals surface area contributed by atoms with Crippen LogP contribution in [0.2, 0.25) is 0 Å². The summed E-state index contributed by atoms with van der Waals surface area (Å²) in [5, 5.41) is 18.2. The summed E-state index contributed by atoms with van der Waals surface area (Å²) < 4.78 is 7.80. The number of carbonyl (C=O) groups excluding carboxylic acids is 1. The average Bonchev–Trinajstić information content (AvgIpc) is 3.83. The highest BCUT2D eigenvalue weighted by molar-refractivity contribution is 7.15. The number of benzene rings is 2. The standard InChI is InChI=1S/C35H36N8O2S/c1-21-34(46-22(2)36-21)29-13-9-24-18-25(10-12-28(24)37-29)33-32(23-6-4-3-5-7-23)27-11-8-26(35-38-40-41-39-35)19-30(27)43(33)20-31(44)42-14-16-45-17-15-42/h8-13,18-19,23H,3-7,14-17,20H2,1-2H3,(H,38,39,40,41). The number of tetrazole rings is 1. The predicted octanol–water partition coefficient (Wildman–Crippen LogP) is 6.68. The first kappa shape index (κ1) is 29.0. The highest BCUT2D eigenvalue weighted by Gasteiger charge is 2.29. The first-order valence-corrected chi connectivity index (χ1v) is 17.0. The lowest BCUT2D eigenvalue weighted by Gasteiger charge is -2.28. The molecule has 1 aliphatic carbocycles. The molecule has 0 spiro atoms. The minimum Gasteiger partial charge on any atom is -0.378 e. The largest absolute Gasteiger partial charge is 0.378 e. The Morgan fingerprint density at radius 1 is 0.978 bits per heavy atom. The van der Waals surface area contributed by atoms with E-state index in [9.17, 15) is 4.79 Å². The summed E-state index contributed by atoms with van der Waals surface area (Å²) in [6.07, 6.45) is 5.98. The van der Waals surface area contributed by atoms with E-state index in [-0.39, 0.29) is 12.5 Å². The molecule has 1 saturated carbocycles. The average molecular weight is 633 g/mol. The number of H-pyrrole nitrogens is 1.